The second kappa shape index (κ2) is 8.80. The second-order valence-corrected chi connectivity index (χ2v) is 9.72. The Morgan fingerprint density at radius 2 is 1.94 bits per heavy atom. The van der Waals surface area contributed by atoms with Crippen LogP contribution in [0.1, 0.15) is 68.4 Å². The number of Topliss-reactive ketones (excluding diaryl/α,β-unsaturated/α-hetero) is 2. The highest BCUT2D eigenvalue weighted by atomic mass is 16.7. The van der Waals surface area contributed by atoms with Crippen LogP contribution >= 0.6 is 0 Å². The number of rotatable bonds is 5. The third-order valence-corrected chi connectivity index (χ3v) is 7.99. The fourth-order valence-electron chi connectivity index (χ4n) is 6.23. The number of nitrogens with zero attached hydrogens (tertiary/aromatic N) is 3. The minimum atomic E-state index is -0.861. The van der Waals surface area contributed by atoms with E-state index < -0.39 is 17.1 Å². The molecule has 0 N–H and O–H groups in total. The molecule has 1 unspecified atom stereocenters. The Morgan fingerprint density at radius 1 is 1.16 bits per heavy atom. The van der Waals surface area contributed by atoms with Crippen LogP contribution in [0.2, 0.25) is 0 Å². The number of likely N-dealkylation sites (N-methyl/N-ethyl adjacent to an activating group) is 1. The van der Waals surface area contributed by atoms with Gasteiger partial charge in [0.05, 0.1) is 24.5 Å². The molecule has 1 aromatic rings. The molecule has 2 saturated carbocycles. The SMILES string of the molecule is CN1CCC[C@H]1COc1ccnc(C(=O)C2CCC[C@@]3(CCCCC34OCCO4)C2=O)n1. The minimum absolute atomic E-state index is 0.0437. The summed E-state index contributed by atoms with van der Waals surface area (Å²) in [4.78, 5) is 38.1. The van der Waals surface area contributed by atoms with Crippen molar-refractivity contribution >= 4 is 11.6 Å². The van der Waals surface area contributed by atoms with Crippen molar-refractivity contribution in [3.05, 3.63) is 18.1 Å². The Kier molecular flexibility index (Phi) is 6.03. The summed E-state index contributed by atoms with van der Waals surface area (Å²) < 4.78 is 18.0. The zero-order chi connectivity index (χ0) is 22.2. The molecule has 4 aliphatic rings. The molecule has 5 rings (SSSR count). The lowest BCUT2D eigenvalue weighted by molar-refractivity contribution is -0.255. The summed E-state index contributed by atoms with van der Waals surface area (Å²) in [5.74, 6) is -1.51. The van der Waals surface area contributed by atoms with Crippen LogP contribution in [0.3, 0.4) is 0 Å². The maximum Gasteiger partial charge on any atom is 0.216 e. The van der Waals surface area contributed by atoms with Crippen molar-refractivity contribution in [1.82, 2.24) is 14.9 Å². The molecule has 8 heteroatoms. The van der Waals surface area contributed by atoms with Crippen molar-refractivity contribution in [3.63, 3.8) is 0 Å². The third-order valence-electron chi connectivity index (χ3n) is 7.99. The summed E-state index contributed by atoms with van der Waals surface area (Å²) in [7, 11) is 2.09. The van der Waals surface area contributed by atoms with Gasteiger partial charge in [0.25, 0.3) is 0 Å². The molecule has 2 aliphatic heterocycles. The Morgan fingerprint density at radius 3 is 2.72 bits per heavy atom. The van der Waals surface area contributed by atoms with Gasteiger partial charge in [-0.1, -0.05) is 12.8 Å². The normalized spacial score (nSPS) is 32.6. The van der Waals surface area contributed by atoms with Gasteiger partial charge in [0.1, 0.15) is 6.61 Å². The van der Waals surface area contributed by atoms with E-state index in [1.807, 2.05) is 0 Å². The average Bonchev–Trinajstić information content (AvgIpc) is 3.45. The smallest absolute Gasteiger partial charge is 0.216 e. The molecule has 0 amide bonds. The van der Waals surface area contributed by atoms with Crippen molar-refractivity contribution < 1.29 is 23.8 Å². The van der Waals surface area contributed by atoms with Crippen LogP contribution in [0.4, 0.5) is 0 Å². The first kappa shape index (κ1) is 21.9. The molecular formula is C24H33N3O5. The van der Waals surface area contributed by atoms with Gasteiger partial charge in [-0.3, -0.25) is 9.59 Å². The highest BCUT2D eigenvalue weighted by Crippen LogP contribution is 2.56. The second-order valence-electron chi connectivity index (χ2n) is 9.72. The molecule has 0 bridgehead atoms. The number of likely N-dealkylation sites (tertiary alicyclic amines) is 1. The summed E-state index contributed by atoms with van der Waals surface area (Å²) in [6.45, 7) is 2.62. The summed E-state index contributed by atoms with van der Waals surface area (Å²) in [5.41, 5.74) is -0.735. The van der Waals surface area contributed by atoms with Crippen LogP contribution in [0, 0.1) is 11.3 Å². The third kappa shape index (κ3) is 3.66. The monoisotopic (exact) mass is 443 g/mol. The molecule has 2 spiro atoms. The Balaban J connectivity index is 1.33. The first-order valence-electron chi connectivity index (χ1n) is 12.1. The molecule has 32 heavy (non-hydrogen) atoms. The molecule has 1 aromatic heterocycles. The maximum absolute atomic E-state index is 13.8. The quantitative estimate of drug-likeness (QED) is 0.507. The van der Waals surface area contributed by atoms with E-state index in [2.05, 4.69) is 21.9 Å². The van der Waals surface area contributed by atoms with E-state index in [0.717, 1.165) is 38.6 Å². The lowest BCUT2D eigenvalue weighted by atomic mass is 9.57. The summed E-state index contributed by atoms with van der Waals surface area (Å²) >= 11 is 0. The zero-order valence-electron chi connectivity index (χ0n) is 18.9. The number of ketones is 2. The van der Waals surface area contributed by atoms with E-state index in [4.69, 9.17) is 14.2 Å². The summed E-state index contributed by atoms with van der Waals surface area (Å²) in [5, 5.41) is 0. The van der Waals surface area contributed by atoms with Gasteiger partial charge in [-0.05, 0) is 52.1 Å². The van der Waals surface area contributed by atoms with Crippen LogP contribution in [-0.4, -0.2) is 71.7 Å². The van der Waals surface area contributed by atoms with Gasteiger partial charge < -0.3 is 19.1 Å². The zero-order valence-corrected chi connectivity index (χ0v) is 18.9. The molecule has 0 aromatic carbocycles. The largest absolute Gasteiger partial charge is 0.476 e. The van der Waals surface area contributed by atoms with Gasteiger partial charge in [-0.25, -0.2) is 4.98 Å². The molecule has 2 saturated heterocycles. The van der Waals surface area contributed by atoms with Crippen molar-refractivity contribution in [3.8, 4) is 5.88 Å². The van der Waals surface area contributed by atoms with Crippen LogP contribution in [0.5, 0.6) is 5.88 Å². The number of hydrogen-bond donors (Lipinski definition) is 0. The van der Waals surface area contributed by atoms with Crippen LogP contribution < -0.4 is 4.74 Å². The van der Waals surface area contributed by atoms with Crippen molar-refractivity contribution in [2.45, 2.75) is 69.6 Å². The molecule has 3 heterocycles. The lowest BCUT2D eigenvalue weighted by Gasteiger charge is -2.51. The van der Waals surface area contributed by atoms with Crippen molar-refractivity contribution in [2.24, 2.45) is 11.3 Å². The van der Waals surface area contributed by atoms with E-state index in [0.29, 0.717) is 51.0 Å². The number of hydrogen-bond acceptors (Lipinski definition) is 8. The molecular weight excluding hydrogens is 410 g/mol. The van der Waals surface area contributed by atoms with Crippen LogP contribution in [0.25, 0.3) is 0 Å². The number of carbonyl (C=O) groups is 2. The minimum Gasteiger partial charge on any atom is -0.476 e. The molecule has 4 fully saturated rings. The molecule has 2 aliphatic carbocycles. The van der Waals surface area contributed by atoms with E-state index >= 15 is 0 Å². The fourth-order valence-corrected chi connectivity index (χ4v) is 6.23. The van der Waals surface area contributed by atoms with Crippen molar-refractivity contribution in [2.75, 3.05) is 33.4 Å². The van der Waals surface area contributed by atoms with Gasteiger partial charge >= 0.3 is 0 Å². The Bertz CT molecular complexity index is 867. The Hall–Kier alpha value is -1.90. The van der Waals surface area contributed by atoms with Gasteiger partial charge in [0, 0.05) is 24.7 Å². The molecule has 8 nitrogen and oxygen atoms in total. The van der Waals surface area contributed by atoms with E-state index in [1.54, 1.807) is 12.3 Å². The topological polar surface area (TPSA) is 90.9 Å². The van der Waals surface area contributed by atoms with E-state index in [-0.39, 0.29) is 17.4 Å². The first-order valence-corrected chi connectivity index (χ1v) is 12.1. The van der Waals surface area contributed by atoms with E-state index in [1.165, 1.54) is 6.42 Å². The maximum atomic E-state index is 13.8. The number of aromatic nitrogens is 2. The van der Waals surface area contributed by atoms with Crippen LogP contribution in [0.15, 0.2) is 12.3 Å². The molecule has 0 radical (unpaired) electrons. The van der Waals surface area contributed by atoms with Gasteiger partial charge in [-0.15, -0.1) is 0 Å². The van der Waals surface area contributed by atoms with Gasteiger partial charge in [-0.2, -0.15) is 4.98 Å². The van der Waals surface area contributed by atoms with Gasteiger partial charge in [0.2, 0.25) is 11.7 Å². The van der Waals surface area contributed by atoms with E-state index in [9.17, 15) is 9.59 Å². The average molecular weight is 444 g/mol. The standard InChI is InChI=1S/C24H33N3O5/c1-27-13-5-6-17(27)16-30-19-8-12-25-22(26-19)20(28)18-7-4-10-23(21(18)29)9-2-3-11-24(23)31-14-15-32-24/h8,12,17-18H,2-7,9-11,13-16H2,1H3/t17-,18?,23-/m0/s1. The molecule has 174 valence electrons. The summed E-state index contributed by atoms with van der Waals surface area (Å²) in [6.07, 6.45) is 9.21. The number of carbonyl (C=O) groups excluding carboxylic acids is 2. The molecule has 3 atom stereocenters. The van der Waals surface area contributed by atoms with Crippen LogP contribution in [-0.2, 0) is 14.3 Å². The van der Waals surface area contributed by atoms with Crippen molar-refractivity contribution in [1.29, 1.82) is 0 Å². The Labute approximate surface area is 189 Å². The predicted octanol–water partition coefficient (Wildman–Crippen LogP) is 2.81. The first-order chi connectivity index (χ1) is 15.5. The highest BCUT2D eigenvalue weighted by molar-refractivity contribution is 6.11. The number of fused-ring (bicyclic) bond motifs is 1. The summed E-state index contributed by atoms with van der Waals surface area (Å²) in [6, 6.07) is 2.03. The predicted molar refractivity (Wildman–Crippen MR) is 115 cm³/mol. The lowest BCUT2D eigenvalue weighted by Crippen LogP contribution is -2.60. The number of ether oxygens (including phenoxy) is 3. The highest BCUT2D eigenvalue weighted by Gasteiger charge is 2.63. The fraction of sp³-hybridized carbons (Fsp3) is 0.750. The van der Waals surface area contributed by atoms with Gasteiger partial charge in [0.15, 0.2) is 17.4 Å².